The predicted molar refractivity (Wildman–Crippen MR) is 64.8 cm³/mol. The average Bonchev–Trinajstić information content (AvgIpc) is 2.99. The van der Waals surface area contributed by atoms with Crippen molar-refractivity contribution in [2.75, 3.05) is 0 Å². The summed E-state index contributed by atoms with van der Waals surface area (Å²) in [7, 11) is 0. The lowest BCUT2D eigenvalue weighted by Crippen LogP contribution is -2.30. The van der Waals surface area contributed by atoms with Gasteiger partial charge in [0.1, 0.15) is 5.82 Å². The van der Waals surface area contributed by atoms with Crippen molar-refractivity contribution in [3.8, 4) is 0 Å². The molecule has 4 nitrogen and oxygen atoms in total. The van der Waals surface area contributed by atoms with Gasteiger partial charge in [-0.05, 0) is 25.0 Å². The van der Waals surface area contributed by atoms with Crippen molar-refractivity contribution in [2.45, 2.75) is 18.9 Å². The van der Waals surface area contributed by atoms with Crippen molar-refractivity contribution >= 4 is 26.8 Å². The highest BCUT2D eigenvalue weighted by atomic mass is 79.9. The Morgan fingerprint density at radius 3 is 2.71 bits per heavy atom. The van der Waals surface area contributed by atoms with Crippen molar-refractivity contribution in [3.05, 3.63) is 43.3 Å². The maximum absolute atomic E-state index is 13.7. The van der Waals surface area contributed by atoms with E-state index in [2.05, 4.69) is 20.9 Å². The number of halogens is 2. The standard InChI is InChI=1S/C11H8BrFN2O2/c12-5-3-7(13)9-8(4-5)15(6-1-2-6)11(17)14-10(9)16/h3-4,6H,1-2H2,(H,14,16,17). The Kier molecular flexibility index (Phi) is 2.22. The molecule has 1 aromatic carbocycles. The number of aromatic nitrogens is 2. The molecule has 1 heterocycles. The minimum absolute atomic E-state index is 0.0558. The van der Waals surface area contributed by atoms with Crippen molar-refractivity contribution in [1.29, 1.82) is 0 Å². The van der Waals surface area contributed by atoms with Crippen LogP contribution in [0.2, 0.25) is 0 Å². The van der Waals surface area contributed by atoms with E-state index in [4.69, 9.17) is 0 Å². The van der Waals surface area contributed by atoms with E-state index in [1.54, 1.807) is 6.07 Å². The molecule has 0 radical (unpaired) electrons. The topological polar surface area (TPSA) is 54.9 Å². The normalized spacial score (nSPS) is 15.4. The van der Waals surface area contributed by atoms with Gasteiger partial charge in [0.2, 0.25) is 0 Å². The number of fused-ring (bicyclic) bond motifs is 1. The van der Waals surface area contributed by atoms with Crippen molar-refractivity contribution in [3.63, 3.8) is 0 Å². The Morgan fingerprint density at radius 1 is 1.35 bits per heavy atom. The van der Waals surface area contributed by atoms with Crippen LogP contribution in [0.5, 0.6) is 0 Å². The summed E-state index contributed by atoms with van der Waals surface area (Å²) in [5, 5.41) is -0.0558. The SMILES string of the molecule is O=c1[nH]c(=O)n(C2CC2)c2cc(Br)cc(F)c12. The van der Waals surface area contributed by atoms with Gasteiger partial charge in [0, 0.05) is 10.5 Å². The largest absolute Gasteiger partial charge is 0.329 e. The van der Waals surface area contributed by atoms with E-state index in [0.29, 0.717) is 9.99 Å². The zero-order chi connectivity index (χ0) is 12.2. The Morgan fingerprint density at radius 2 is 2.06 bits per heavy atom. The summed E-state index contributed by atoms with van der Waals surface area (Å²) in [5.41, 5.74) is -0.789. The van der Waals surface area contributed by atoms with Gasteiger partial charge < -0.3 is 0 Å². The molecule has 0 amide bonds. The van der Waals surface area contributed by atoms with Gasteiger partial charge >= 0.3 is 5.69 Å². The minimum Gasteiger partial charge on any atom is -0.290 e. The van der Waals surface area contributed by atoms with E-state index in [0.717, 1.165) is 12.8 Å². The van der Waals surface area contributed by atoms with E-state index in [1.165, 1.54) is 10.6 Å². The van der Waals surface area contributed by atoms with Gasteiger partial charge in [-0.1, -0.05) is 15.9 Å². The molecule has 1 fully saturated rings. The van der Waals surface area contributed by atoms with Crippen LogP contribution in [0.4, 0.5) is 4.39 Å². The first-order valence-electron chi connectivity index (χ1n) is 5.21. The molecule has 17 heavy (non-hydrogen) atoms. The highest BCUT2D eigenvalue weighted by Gasteiger charge is 2.27. The maximum atomic E-state index is 13.7. The molecule has 0 aliphatic heterocycles. The Bertz CT molecular complexity index is 731. The lowest BCUT2D eigenvalue weighted by atomic mass is 10.2. The van der Waals surface area contributed by atoms with Gasteiger partial charge in [-0.25, -0.2) is 9.18 Å². The third-order valence-corrected chi connectivity index (χ3v) is 3.33. The molecular weight excluding hydrogens is 291 g/mol. The third kappa shape index (κ3) is 1.63. The van der Waals surface area contributed by atoms with Gasteiger partial charge in [-0.15, -0.1) is 0 Å². The Labute approximate surface area is 103 Å². The fourth-order valence-electron chi connectivity index (χ4n) is 2.00. The summed E-state index contributed by atoms with van der Waals surface area (Å²) in [6.07, 6.45) is 1.77. The summed E-state index contributed by atoms with van der Waals surface area (Å²) < 4.78 is 15.7. The van der Waals surface area contributed by atoms with Crippen LogP contribution < -0.4 is 11.2 Å². The molecule has 3 rings (SSSR count). The third-order valence-electron chi connectivity index (χ3n) is 2.87. The number of aromatic amines is 1. The van der Waals surface area contributed by atoms with E-state index >= 15 is 0 Å². The van der Waals surface area contributed by atoms with Crippen LogP contribution in [0.1, 0.15) is 18.9 Å². The lowest BCUT2D eigenvalue weighted by Gasteiger charge is -2.08. The van der Waals surface area contributed by atoms with Crippen LogP contribution in [0, 0.1) is 5.82 Å². The zero-order valence-corrected chi connectivity index (χ0v) is 10.3. The fraction of sp³-hybridized carbons (Fsp3) is 0.273. The summed E-state index contributed by atoms with van der Waals surface area (Å²) >= 11 is 3.17. The number of hydrogen-bond acceptors (Lipinski definition) is 2. The van der Waals surface area contributed by atoms with Gasteiger partial charge in [0.05, 0.1) is 10.9 Å². The van der Waals surface area contributed by atoms with Crippen molar-refractivity contribution < 1.29 is 4.39 Å². The fourth-order valence-corrected chi connectivity index (χ4v) is 2.42. The minimum atomic E-state index is -0.674. The van der Waals surface area contributed by atoms with Crippen LogP contribution in [0.15, 0.2) is 26.2 Å². The monoisotopic (exact) mass is 298 g/mol. The lowest BCUT2D eigenvalue weighted by molar-refractivity contribution is 0.632. The number of H-pyrrole nitrogens is 1. The summed E-state index contributed by atoms with van der Waals surface area (Å²) in [5.74, 6) is -0.620. The first-order chi connectivity index (χ1) is 8.08. The summed E-state index contributed by atoms with van der Waals surface area (Å²) in [6.45, 7) is 0. The van der Waals surface area contributed by atoms with Crippen LogP contribution in [-0.4, -0.2) is 9.55 Å². The van der Waals surface area contributed by atoms with Gasteiger partial charge in [-0.3, -0.25) is 14.3 Å². The van der Waals surface area contributed by atoms with Crippen LogP contribution in [0.3, 0.4) is 0 Å². The Balaban J connectivity index is 2.55. The molecule has 88 valence electrons. The molecule has 1 N–H and O–H groups in total. The van der Waals surface area contributed by atoms with Gasteiger partial charge in [0.15, 0.2) is 0 Å². The van der Waals surface area contributed by atoms with Crippen LogP contribution in [0.25, 0.3) is 10.9 Å². The van der Waals surface area contributed by atoms with E-state index in [1.807, 2.05) is 0 Å². The molecule has 0 unspecified atom stereocenters. The van der Waals surface area contributed by atoms with Crippen LogP contribution >= 0.6 is 15.9 Å². The first-order valence-corrected chi connectivity index (χ1v) is 6.01. The van der Waals surface area contributed by atoms with Crippen LogP contribution in [-0.2, 0) is 0 Å². The molecule has 1 aliphatic carbocycles. The summed E-state index contributed by atoms with van der Waals surface area (Å²) in [4.78, 5) is 25.5. The molecule has 1 aliphatic rings. The molecule has 0 atom stereocenters. The van der Waals surface area contributed by atoms with Crippen molar-refractivity contribution in [1.82, 2.24) is 9.55 Å². The molecule has 2 aromatic rings. The van der Waals surface area contributed by atoms with E-state index in [9.17, 15) is 14.0 Å². The summed E-state index contributed by atoms with van der Waals surface area (Å²) in [6, 6.07) is 2.91. The second-order valence-electron chi connectivity index (χ2n) is 4.14. The zero-order valence-electron chi connectivity index (χ0n) is 8.67. The van der Waals surface area contributed by atoms with Crippen molar-refractivity contribution in [2.24, 2.45) is 0 Å². The maximum Gasteiger partial charge on any atom is 0.329 e. The number of hydrogen-bond donors (Lipinski definition) is 1. The molecule has 0 bridgehead atoms. The van der Waals surface area contributed by atoms with Gasteiger partial charge in [0.25, 0.3) is 5.56 Å². The molecule has 0 saturated heterocycles. The molecule has 1 saturated carbocycles. The highest BCUT2D eigenvalue weighted by molar-refractivity contribution is 9.10. The second kappa shape index (κ2) is 3.53. The molecule has 0 spiro atoms. The number of benzene rings is 1. The number of nitrogens with one attached hydrogen (secondary N) is 1. The molecular formula is C11H8BrFN2O2. The predicted octanol–water partition coefficient (Wildman–Crippen LogP) is 1.93. The number of nitrogens with zero attached hydrogens (tertiary/aromatic N) is 1. The Hall–Kier alpha value is -1.43. The quantitative estimate of drug-likeness (QED) is 0.874. The van der Waals surface area contributed by atoms with E-state index < -0.39 is 17.1 Å². The number of rotatable bonds is 1. The second-order valence-corrected chi connectivity index (χ2v) is 5.06. The van der Waals surface area contributed by atoms with Gasteiger partial charge in [-0.2, -0.15) is 0 Å². The highest BCUT2D eigenvalue weighted by Crippen LogP contribution is 2.35. The molecule has 6 heteroatoms. The smallest absolute Gasteiger partial charge is 0.290 e. The average molecular weight is 299 g/mol. The molecule has 1 aromatic heterocycles. The van der Waals surface area contributed by atoms with E-state index in [-0.39, 0.29) is 11.4 Å². The first kappa shape index (κ1) is 10.7.